The maximum atomic E-state index is 12.3. The molecule has 0 saturated carbocycles. The average Bonchev–Trinajstić information content (AvgIpc) is 2.50. The van der Waals surface area contributed by atoms with Gasteiger partial charge in [0.15, 0.2) is 0 Å². The number of carbonyl (C=O) groups is 2. The zero-order chi connectivity index (χ0) is 15.0. The lowest BCUT2D eigenvalue weighted by molar-refractivity contribution is -0.140. The third-order valence-electron chi connectivity index (χ3n) is 2.79. The summed E-state index contributed by atoms with van der Waals surface area (Å²) in [6, 6.07) is 6.73. The van der Waals surface area contributed by atoms with Crippen LogP contribution in [-0.4, -0.2) is 55.8 Å². The van der Waals surface area contributed by atoms with Crippen molar-refractivity contribution < 1.29 is 24.2 Å². The highest BCUT2D eigenvalue weighted by Crippen LogP contribution is 2.14. The summed E-state index contributed by atoms with van der Waals surface area (Å²) in [6.07, 6.45) is 0.0895. The molecule has 0 radical (unpaired) electrons. The molecule has 1 rings (SSSR count). The number of aliphatic hydroxyl groups excluding tert-OH is 1. The van der Waals surface area contributed by atoms with Gasteiger partial charge in [0, 0.05) is 18.7 Å². The smallest absolute Gasteiger partial charge is 0.307 e. The van der Waals surface area contributed by atoms with Crippen LogP contribution in [0.1, 0.15) is 16.8 Å². The number of hydrogen-bond acceptors (Lipinski definition) is 5. The van der Waals surface area contributed by atoms with Gasteiger partial charge in [0.1, 0.15) is 5.75 Å². The topological polar surface area (TPSA) is 76.1 Å². The van der Waals surface area contributed by atoms with Crippen molar-refractivity contribution in [1.29, 1.82) is 0 Å². The molecule has 1 amide bonds. The Kier molecular flexibility index (Phi) is 6.52. The Labute approximate surface area is 117 Å². The second-order valence-electron chi connectivity index (χ2n) is 4.07. The van der Waals surface area contributed by atoms with Gasteiger partial charge in [-0.1, -0.05) is 6.07 Å². The fraction of sp³-hybridized carbons (Fsp3) is 0.429. The van der Waals surface area contributed by atoms with E-state index in [4.69, 9.17) is 9.84 Å². The Hall–Kier alpha value is -2.08. The molecule has 0 aliphatic heterocycles. The molecule has 20 heavy (non-hydrogen) atoms. The van der Waals surface area contributed by atoms with Crippen molar-refractivity contribution in [2.24, 2.45) is 0 Å². The number of amides is 1. The average molecular weight is 281 g/mol. The summed E-state index contributed by atoms with van der Waals surface area (Å²) in [6.45, 7) is 0.188. The maximum absolute atomic E-state index is 12.3. The van der Waals surface area contributed by atoms with Crippen molar-refractivity contribution in [2.45, 2.75) is 6.42 Å². The normalized spacial score (nSPS) is 9.95. The summed E-state index contributed by atoms with van der Waals surface area (Å²) in [5, 5.41) is 9.02. The van der Waals surface area contributed by atoms with E-state index in [1.54, 1.807) is 24.3 Å². The largest absolute Gasteiger partial charge is 0.497 e. The van der Waals surface area contributed by atoms with Gasteiger partial charge in [-0.05, 0) is 18.2 Å². The molecule has 6 nitrogen and oxygen atoms in total. The summed E-state index contributed by atoms with van der Waals surface area (Å²) >= 11 is 0. The molecule has 0 atom stereocenters. The highest BCUT2D eigenvalue weighted by atomic mass is 16.5. The summed E-state index contributed by atoms with van der Waals surface area (Å²) in [5.74, 6) is -0.0824. The van der Waals surface area contributed by atoms with Crippen molar-refractivity contribution in [1.82, 2.24) is 4.90 Å². The number of nitrogens with zero attached hydrogens (tertiary/aromatic N) is 1. The van der Waals surface area contributed by atoms with Gasteiger partial charge in [-0.25, -0.2) is 0 Å². The third-order valence-corrected chi connectivity index (χ3v) is 2.79. The van der Waals surface area contributed by atoms with Crippen LogP contribution in [0, 0.1) is 0 Å². The zero-order valence-corrected chi connectivity index (χ0v) is 11.7. The molecule has 0 heterocycles. The van der Waals surface area contributed by atoms with Gasteiger partial charge in [-0.15, -0.1) is 0 Å². The summed E-state index contributed by atoms with van der Waals surface area (Å²) < 4.78 is 9.61. The molecular formula is C14H19NO5. The van der Waals surface area contributed by atoms with Gasteiger partial charge >= 0.3 is 5.97 Å². The predicted octanol–water partition coefficient (Wildman–Crippen LogP) is 0.693. The van der Waals surface area contributed by atoms with E-state index in [0.717, 1.165) is 0 Å². The SMILES string of the molecule is COC(=O)CCN(CCO)C(=O)c1cccc(OC)c1. The highest BCUT2D eigenvalue weighted by molar-refractivity contribution is 5.94. The van der Waals surface area contributed by atoms with E-state index < -0.39 is 5.97 Å². The lowest BCUT2D eigenvalue weighted by Gasteiger charge is -2.21. The Morgan fingerprint density at radius 1 is 1.25 bits per heavy atom. The monoisotopic (exact) mass is 281 g/mol. The molecule has 0 bridgehead atoms. The van der Waals surface area contributed by atoms with E-state index in [9.17, 15) is 9.59 Å². The lowest BCUT2D eigenvalue weighted by Crippen LogP contribution is -2.35. The van der Waals surface area contributed by atoms with Crippen LogP contribution in [0.4, 0.5) is 0 Å². The van der Waals surface area contributed by atoms with Crippen LogP contribution in [0.2, 0.25) is 0 Å². The van der Waals surface area contributed by atoms with Crippen molar-refractivity contribution in [3.8, 4) is 5.75 Å². The summed E-state index contributed by atoms with van der Waals surface area (Å²) in [4.78, 5) is 24.9. The van der Waals surface area contributed by atoms with E-state index in [1.165, 1.54) is 19.1 Å². The first-order valence-corrected chi connectivity index (χ1v) is 6.23. The molecule has 0 saturated heterocycles. The van der Waals surface area contributed by atoms with E-state index in [2.05, 4.69) is 4.74 Å². The number of carbonyl (C=O) groups excluding carboxylic acids is 2. The van der Waals surface area contributed by atoms with Crippen LogP contribution in [0.3, 0.4) is 0 Å². The second kappa shape index (κ2) is 8.16. The van der Waals surface area contributed by atoms with Gasteiger partial charge in [0.2, 0.25) is 0 Å². The Balaban J connectivity index is 2.78. The number of esters is 1. The second-order valence-corrected chi connectivity index (χ2v) is 4.07. The zero-order valence-electron chi connectivity index (χ0n) is 11.7. The fourth-order valence-corrected chi connectivity index (χ4v) is 1.70. The molecule has 110 valence electrons. The quantitative estimate of drug-likeness (QED) is 0.744. The molecule has 0 fully saturated rings. The van der Waals surface area contributed by atoms with Crippen LogP contribution in [-0.2, 0) is 9.53 Å². The number of methoxy groups -OCH3 is 2. The molecule has 1 N–H and O–H groups in total. The molecule has 0 aromatic heterocycles. The Morgan fingerprint density at radius 3 is 2.60 bits per heavy atom. The first kappa shape index (κ1) is 16.0. The van der Waals surface area contributed by atoms with Crippen molar-refractivity contribution in [2.75, 3.05) is 33.9 Å². The van der Waals surface area contributed by atoms with Gasteiger partial charge in [-0.3, -0.25) is 9.59 Å². The maximum Gasteiger partial charge on any atom is 0.307 e. The first-order chi connectivity index (χ1) is 9.62. The van der Waals surface area contributed by atoms with Crippen molar-refractivity contribution >= 4 is 11.9 Å². The number of aliphatic hydroxyl groups is 1. The lowest BCUT2D eigenvalue weighted by atomic mass is 10.2. The number of rotatable bonds is 7. The van der Waals surface area contributed by atoms with Crippen molar-refractivity contribution in [3.63, 3.8) is 0 Å². The fourth-order valence-electron chi connectivity index (χ4n) is 1.70. The number of hydrogen-bond donors (Lipinski definition) is 1. The van der Waals surface area contributed by atoms with Crippen molar-refractivity contribution in [3.05, 3.63) is 29.8 Å². The minimum atomic E-state index is -0.397. The standard InChI is InChI=1S/C14H19NO5/c1-19-12-5-3-4-11(10-12)14(18)15(8-9-16)7-6-13(17)20-2/h3-5,10,16H,6-9H2,1-2H3. The minimum Gasteiger partial charge on any atom is -0.497 e. The van der Waals surface area contributed by atoms with Gasteiger partial charge in [-0.2, -0.15) is 0 Å². The molecular weight excluding hydrogens is 262 g/mol. The highest BCUT2D eigenvalue weighted by Gasteiger charge is 2.17. The van der Waals surface area contributed by atoms with Crippen LogP contribution in [0.25, 0.3) is 0 Å². The van der Waals surface area contributed by atoms with Gasteiger partial charge in [0.05, 0.1) is 27.2 Å². The molecule has 0 aliphatic rings. The Bertz CT molecular complexity index is 461. The van der Waals surface area contributed by atoms with Gasteiger partial charge < -0.3 is 19.5 Å². The first-order valence-electron chi connectivity index (χ1n) is 6.23. The number of ether oxygens (including phenoxy) is 2. The van der Waals surface area contributed by atoms with Gasteiger partial charge in [0.25, 0.3) is 5.91 Å². The molecule has 0 aliphatic carbocycles. The van der Waals surface area contributed by atoms with E-state index in [-0.39, 0.29) is 32.0 Å². The third kappa shape index (κ3) is 4.55. The van der Waals surface area contributed by atoms with Crippen LogP contribution >= 0.6 is 0 Å². The van der Waals surface area contributed by atoms with Crippen LogP contribution in [0.5, 0.6) is 5.75 Å². The van der Waals surface area contributed by atoms with Crippen LogP contribution in [0.15, 0.2) is 24.3 Å². The molecule has 1 aromatic carbocycles. The summed E-state index contributed by atoms with van der Waals surface area (Å²) in [5.41, 5.74) is 0.447. The molecule has 0 unspecified atom stereocenters. The predicted molar refractivity (Wildman–Crippen MR) is 72.6 cm³/mol. The van der Waals surface area contributed by atoms with E-state index in [0.29, 0.717) is 11.3 Å². The van der Waals surface area contributed by atoms with E-state index in [1.807, 2.05) is 0 Å². The minimum absolute atomic E-state index is 0.0895. The summed E-state index contributed by atoms with van der Waals surface area (Å²) in [7, 11) is 2.81. The molecule has 0 spiro atoms. The Morgan fingerprint density at radius 2 is 2.00 bits per heavy atom. The van der Waals surface area contributed by atoms with E-state index >= 15 is 0 Å². The molecule has 6 heteroatoms. The molecule has 1 aromatic rings. The number of benzene rings is 1. The van der Waals surface area contributed by atoms with Crippen LogP contribution < -0.4 is 4.74 Å².